The van der Waals surface area contributed by atoms with E-state index < -0.39 is 0 Å². The fraction of sp³-hybridized carbons (Fsp3) is 0.222. The summed E-state index contributed by atoms with van der Waals surface area (Å²) in [6.45, 7) is 4.18. The van der Waals surface area contributed by atoms with Crippen molar-refractivity contribution < 1.29 is 0 Å². The molecule has 0 spiro atoms. The van der Waals surface area contributed by atoms with E-state index in [1.54, 1.807) is 0 Å². The molecule has 1 aromatic heterocycles. The number of H-pyrrole nitrogens is 1. The number of aromatic amines is 1. The quantitative estimate of drug-likeness (QED) is 0.736. The van der Waals surface area contributed by atoms with Crippen molar-refractivity contribution in [2.75, 3.05) is 0 Å². The lowest BCUT2D eigenvalue weighted by Crippen LogP contribution is -2.18. The third-order valence-corrected chi connectivity index (χ3v) is 3.75. The normalized spacial score (nSPS) is 12.8. The molecule has 3 N–H and O–H groups in total. The van der Waals surface area contributed by atoms with Gasteiger partial charge in [0.1, 0.15) is 0 Å². The standard InChI is InChI=1S/C18H20N2/c1-12(19)10-16-13(2)20-18-9-8-15(11-17(16)18)14-6-4-3-5-7-14/h3-9,11-12,20H,10,19H2,1-2H3. The van der Waals surface area contributed by atoms with Gasteiger partial charge in [-0.1, -0.05) is 36.4 Å². The fourth-order valence-electron chi connectivity index (χ4n) is 2.78. The van der Waals surface area contributed by atoms with Crippen LogP contribution in [0.25, 0.3) is 22.0 Å². The van der Waals surface area contributed by atoms with E-state index in [0.29, 0.717) is 0 Å². The first-order chi connectivity index (χ1) is 9.65. The second-order valence-electron chi connectivity index (χ2n) is 5.54. The Bertz CT molecular complexity index is 724. The van der Waals surface area contributed by atoms with Gasteiger partial charge in [0.05, 0.1) is 0 Å². The Morgan fingerprint density at radius 3 is 2.50 bits per heavy atom. The largest absolute Gasteiger partial charge is 0.358 e. The zero-order valence-electron chi connectivity index (χ0n) is 12.0. The van der Waals surface area contributed by atoms with Crippen LogP contribution in [-0.2, 0) is 6.42 Å². The van der Waals surface area contributed by atoms with Crippen LogP contribution in [0, 0.1) is 6.92 Å². The first-order valence-corrected chi connectivity index (χ1v) is 7.07. The summed E-state index contributed by atoms with van der Waals surface area (Å²) >= 11 is 0. The number of aromatic nitrogens is 1. The van der Waals surface area contributed by atoms with Crippen molar-refractivity contribution in [3.05, 3.63) is 59.8 Å². The molecule has 0 bridgehead atoms. The highest BCUT2D eigenvalue weighted by Crippen LogP contribution is 2.28. The van der Waals surface area contributed by atoms with E-state index >= 15 is 0 Å². The van der Waals surface area contributed by atoms with E-state index in [1.165, 1.54) is 33.3 Å². The van der Waals surface area contributed by atoms with Crippen molar-refractivity contribution in [3.63, 3.8) is 0 Å². The Morgan fingerprint density at radius 2 is 1.80 bits per heavy atom. The molecule has 20 heavy (non-hydrogen) atoms. The second-order valence-corrected chi connectivity index (χ2v) is 5.54. The van der Waals surface area contributed by atoms with Gasteiger partial charge in [-0.3, -0.25) is 0 Å². The molecule has 0 amide bonds. The van der Waals surface area contributed by atoms with Crippen molar-refractivity contribution in [3.8, 4) is 11.1 Å². The topological polar surface area (TPSA) is 41.8 Å². The molecule has 0 aliphatic heterocycles. The van der Waals surface area contributed by atoms with E-state index in [9.17, 15) is 0 Å². The van der Waals surface area contributed by atoms with Crippen LogP contribution < -0.4 is 5.73 Å². The van der Waals surface area contributed by atoms with E-state index in [0.717, 1.165) is 6.42 Å². The lowest BCUT2D eigenvalue weighted by molar-refractivity contribution is 0.738. The molecule has 3 rings (SSSR count). The summed E-state index contributed by atoms with van der Waals surface area (Å²) in [6.07, 6.45) is 0.907. The number of nitrogens with one attached hydrogen (secondary N) is 1. The minimum absolute atomic E-state index is 0.174. The van der Waals surface area contributed by atoms with Gasteiger partial charge < -0.3 is 10.7 Å². The number of rotatable bonds is 3. The predicted molar refractivity (Wildman–Crippen MR) is 85.8 cm³/mol. The Hall–Kier alpha value is -2.06. The summed E-state index contributed by atoms with van der Waals surface area (Å²) in [5.41, 5.74) is 12.2. The average molecular weight is 264 g/mol. The van der Waals surface area contributed by atoms with Gasteiger partial charge in [0.2, 0.25) is 0 Å². The van der Waals surface area contributed by atoms with E-state index in [-0.39, 0.29) is 6.04 Å². The molecule has 2 aromatic carbocycles. The number of hydrogen-bond donors (Lipinski definition) is 2. The van der Waals surface area contributed by atoms with Gasteiger partial charge in [-0.15, -0.1) is 0 Å². The SMILES string of the molecule is Cc1[nH]c2ccc(-c3ccccc3)cc2c1CC(C)N. The molecule has 102 valence electrons. The van der Waals surface area contributed by atoms with E-state index in [4.69, 9.17) is 5.73 Å². The number of nitrogens with two attached hydrogens (primary N) is 1. The highest BCUT2D eigenvalue weighted by atomic mass is 14.7. The number of fused-ring (bicyclic) bond motifs is 1. The minimum Gasteiger partial charge on any atom is -0.358 e. The van der Waals surface area contributed by atoms with Crippen LogP contribution in [0.2, 0.25) is 0 Å². The highest BCUT2D eigenvalue weighted by molar-refractivity contribution is 5.89. The van der Waals surface area contributed by atoms with Gasteiger partial charge in [0, 0.05) is 22.6 Å². The third-order valence-electron chi connectivity index (χ3n) is 3.75. The molecule has 1 unspecified atom stereocenters. The van der Waals surface area contributed by atoms with Gasteiger partial charge in [-0.05, 0) is 49.1 Å². The van der Waals surface area contributed by atoms with Gasteiger partial charge in [-0.25, -0.2) is 0 Å². The smallest absolute Gasteiger partial charge is 0.0459 e. The maximum Gasteiger partial charge on any atom is 0.0459 e. The Morgan fingerprint density at radius 1 is 1.05 bits per heavy atom. The predicted octanol–water partition coefficient (Wildman–Crippen LogP) is 4.03. The van der Waals surface area contributed by atoms with Gasteiger partial charge in [-0.2, -0.15) is 0 Å². The number of aryl methyl sites for hydroxylation is 1. The van der Waals surface area contributed by atoms with Crippen LogP contribution in [0.3, 0.4) is 0 Å². The zero-order chi connectivity index (χ0) is 14.1. The molecule has 0 fully saturated rings. The first-order valence-electron chi connectivity index (χ1n) is 7.07. The molecular weight excluding hydrogens is 244 g/mol. The third kappa shape index (κ3) is 2.35. The number of benzene rings is 2. The highest BCUT2D eigenvalue weighted by Gasteiger charge is 2.11. The fourth-order valence-corrected chi connectivity index (χ4v) is 2.78. The lowest BCUT2D eigenvalue weighted by Gasteiger charge is -2.06. The van der Waals surface area contributed by atoms with Gasteiger partial charge in [0.25, 0.3) is 0 Å². The van der Waals surface area contributed by atoms with Crippen molar-refractivity contribution in [2.45, 2.75) is 26.3 Å². The summed E-state index contributed by atoms with van der Waals surface area (Å²) in [7, 11) is 0. The maximum absolute atomic E-state index is 5.98. The maximum atomic E-state index is 5.98. The van der Waals surface area contributed by atoms with Crippen LogP contribution in [0.4, 0.5) is 0 Å². The van der Waals surface area contributed by atoms with E-state index in [2.05, 4.69) is 61.3 Å². The number of hydrogen-bond acceptors (Lipinski definition) is 1. The summed E-state index contributed by atoms with van der Waals surface area (Å²) in [5, 5.41) is 1.29. The molecule has 1 heterocycles. The van der Waals surface area contributed by atoms with Crippen LogP contribution in [-0.4, -0.2) is 11.0 Å². The lowest BCUT2D eigenvalue weighted by atomic mass is 9.99. The molecule has 0 radical (unpaired) electrons. The monoisotopic (exact) mass is 264 g/mol. The minimum atomic E-state index is 0.174. The van der Waals surface area contributed by atoms with Crippen LogP contribution in [0.1, 0.15) is 18.2 Å². The Labute approximate surface area is 119 Å². The van der Waals surface area contributed by atoms with E-state index in [1.807, 2.05) is 6.07 Å². The van der Waals surface area contributed by atoms with Crippen molar-refractivity contribution in [2.24, 2.45) is 5.73 Å². The Kier molecular flexibility index (Phi) is 3.33. The molecule has 0 saturated heterocycles. The molecule has 2 heteroatoms. The Balaban J connectivity index is 2.14. The van der Waals surface area contributed by atoms with Crippen LogP contribution >= 0.6 is 0 Å². The molecule has 3 aromatic rings. The summed E-state index contributed by atoms with van der Waals surface area (Å²) in [5.74, 6) is 0. The van der Waals surface area contributed by atoms with Crippen molar-refractivity contribution in [1.29, 1.82) is 0 Å². The zero-order valence-corrected chi connectivity index (χ0v) is 12.0. The van der Waals surface area contributed by atoms with Gasteiger partial charge >= 0.3 is 0 Å². The van der Waals surface area contributed by atoms with Crippen LogP contribution in [0.15, 0.2) is 48.5 Å². The molecule has 0 aliphatic rings. The molecule has 0 saturated carbocycles. The van der Waals surface area contributed by atoms with Crippen LogP contribution in [0.5, 0.6) is 0 Å². The summed E-state index contributed by atoms with van der Waals surface area (Å²) in [4.78, 5) is 3.46. The summed E-state index contributed by atoms with van der Waals surface area (Å²) in [6, 6.07) is 17.3. The van der Waals surface area contributed by atoms with Crippen molar-refractivity contribution >= 4 is 10.9 Å². The average Bonchev–Trinajstić information content (AvgIpc) is 2.75. The molecule has 0 aliphatic carbocycles. The molecule has 1 atom stereocenters. The van der Waals surface area contributed by atoms with Gasteiger partial charge in [0.15, 0.2) is 0 Å². The molecule has 2 nitrogen and oxygen atoms in total. The van der Waals surface area contributed by atoms with Crippen molar-refractivity contribution in [1.82, 2.24) is 4.98 Å². The second kappa shape index (κ2) is 5.14. The molecular formula is C18H20N2. The first kappa shape index (κ1) is 12.9. The summed E-state index contributed by atoms with van der Waals surface area (Å²) < 4.78 is 0.